The first kappa shape index (κ1) is 20.8. The molecule has 8 nitrogen and oxygen atoms in total. The number of amides is 1. The van der Waals surface area contributed by atoms with E-state index in [0.717, 1.165) is 5.56 Å². The van der Waals surface area contributed by atoms with Crippen LogP contribution in [0.1, 0.15) is 23.2 Å². The zero-order chi connectivity index (χ0) is 21.7. The van der Waals surface area contributed by atoms with E-state index >= 15 is 0 Å². The molecule has 3 aromatic rings. The number of carboxylic acid groups (broad SMARTS) is 2. The number of nitrogens with one attached hydrogen (secondary N) is 1. The van der Waals surface area contributed by atoms with E-state index in [1.54, 1.807) is 49.6 Å². The maximum Gasteiger partial charge on any atom is 0.326 e. The average Bonchev–Trinajstić information content (AvgIpc) is 2.75. The van der Waals surface area contributed by atoms with Crippen LogP contribution < -0.4 is 10.1 Å². The lowest BCUT2D eigenvalue weighted by molar-refractivity contribution is -0.140. The summed E-state index contributed by atoms with van der Waals surface area (Å²) in [7, 11) is 1.56. The number of carboxylic acids is 2. The van der Waals surface area contributed by atoms with Gasteiger partial charge in [0.15, 0.2) is 0 Å². The Morgan fingerprint density at radius 3 is 2.40 bits per heavy atom. The summed E-state index contributed by atoms with van der Waals surface area (Å²) in [5, 5.41) is 21.2. The molecular formula is C22H20N2O6. The smallest absolute Gasteiger partial charge is 0.326 e. The molecule has 0 aliphatic rings. The van der Waals surface area contributed by atoms with Gasteiger partial charge in [0.1, 0.15) is 11.8 Å². The van der Waals surface area contributed by atoms with E-state index in [1.165, 1.54) is 0 Å². The van der Waals surface area contributed by atoms with Gasteiger partial charge in [-0.15, -0.1) is 0 Å². The number of carbonyl (C=O) groups excluding carboxylic acids is 1. The fraction of sp³-hybridized carbons (Fsp3) is 0.182. The molecule has 0 spiro atoms. The van der Waals surface area contributed by atoms with E-state index in [2.05, 4.69) is 10.3 Å². The Bertz CT molecular complexity index is 1090. The molecule has 1 aromatic heterocycles. The first-order valence-electron chi connectivity index (χ1n) is 9.18. The van der Waals surface area contributed by atoms with Gasteiger partial charge in [0.25, 0.3) is 5.91 Å². The van der Waals surface area contributed by atoms with Crippen LogP contribution >= 0.6 is 0 Å². The largest absolute Gasteiger partial charge is 0.497 e. The van der Waals surface area contributed by atoms with E-state index in [0.29, 0.717) is 22.3 Å². The third-order valence-electron chi connectivity index (χ3n) is 4.60. The van der Waals surface area contributed by atoms with E-state index in [-0.39, 0.29) is 18.4 Å². The molecule has 0 aliphatic carbocycles. The molecule has 0 aliphatic heterocycles. The SMILES string of the molecule is COc1ccc(-c2cc(C(=O)NC(CCC(=O)O)C(=O)O)c3ccccc3n2)cc1. The highest BCUT2D eigenvalue weighted by atomic mass is 16.5. The summed E-state index contributed by atoms with van der Waals surface area (Å²) in [6.07, 6.45) is -0.587. The number of aliphatic carboxylic acids is 2. The van der Waals surface area contributed by atoms with Crippen molar-refractivity contribution in [1.82, 2.24) is 10.3 Å². The second kappa shape index (κ2) is 9.04. The predicted octanol–water partition coefficient (Wildman–Crippen LogP) is 2.96. The molecule has 0 saturated heterocycles. The van der Waals surface area contributed by atoms with Crippen molar-refractivity contribution in [2.75, 3.05) is 7.11 Å². The van der Waals surface area contributed by atoms with Gasteiger partial charge in [-0.3, -0.25) is 9.59 Å². The van der Waals surface area contributed by atoms with Crippen LogP contribution in [-0.2, 0) is 9.59 Å². The number of hydrogen-bond donors (Lipinski definition) is 3. The van der Waals surface area contributed by atoms with Gasteiger partial charge in [-0.2, -0.15) is 0 Å². The fourth-order valence-electron chi connectivity index (χ4n) is 3.03. The van der Waals surface area contributed by atoms with Gasteiger partial charge in [-0.05, 0) is 42.8 Å². The zero-order valence-corrected chi connectivity index (χ0v) is 16.2. The number of benzene rings is 2. The van der Waals surface area contributed by atoms with Crippen LogP contribution in [0, 0.1) is 0 Å². The molecule has 1 amide bonds. The third-order valence-corrected chi connectivity index (χ3v) is 4.60. The molecule has 1 atom stereocenters. The minimum absolute atomic E-state index is 0.218. The summed E-state index contributed by atoms with van der Waals surface area (Å²) in [4.78, 5) is 39.8. The number of pyridine rings is 1. The highest BCUT2D eigenvalue weighted by molar-refractivity contribution is 6.08. The maximum atomic E-state index is 12.9. The topological polar surface area (TPSA) is 126 Å². The van der Waals surface area contributed by atoms with E-state index in [4.69, 9.17) is 9.84 Å². The minimum Gasteiger partial charge on any atom is -0.497 e. The summed E-state index contributed by atoms with van der Waals surface area (Å²) in [5.74, 6) is -2.36. The van der Waals surface area contributed by atoms with Gasteiger partial charge >= 0.3 is 11.9 Å². The third kappa shape index (κ3) is 4.72. The number of ether oxygens (including phenoxy) is 1. The first-order chi connectivity index (χ1) is 14.4. The van der Waals surface area contributed by atoms with Crippen LogP contribution in [-0.4, -0.2) is 46.2 Å². The number of para-hydroxylation sites is 1. The van der Waals surface area contributed by atoms with Gasteiger partial charge in [0, 0.05) is 17.4 Å². The fourth-order valence-corrected chi connectivity index (χ4v) is 3.03. The summed E-state index contributed by atoms with van der Waals surface area (Å²) in [5.41, 5.74) is 2.14. The highest BCUT2D eigenvalue weighted by Gasteiger charge is 2.23. The van der Waals surface area contributed by atoms with Crippen molar-refractivity contribution in [2.24, 2.45) is 0 Å². The van der Waals surface area contributed by atoms with Crippen molar-refractivity contribution in [3.63, 3.8) is 0 Å². The lowest BCUT2D eigenvalue weighted by Gasteiger charge is -2.15. The van der Waals surface area contributed by atoms with Crippen molar-refractivity contribution in [3.8, 4) is 17.0 Å². The highest BCUT2D eigenvalue weighted by Crippen LogP contribution is 2.26. The standard InChI is InChI=1S/C22H20N2O6/c1-30-14-8-6-13(7-9-14)19-12-16(15-4-2-3-5-17(15)23-19)21(27)24-18(22(28)29)10-11-20(25)26/h2-9,12,18H,10-11H2,1H3,(H,24,27)(H,25,26)(H,28,29). The van der Waals surface area contributed by atoms with Gasteiger partial charge < -0.3 is 20.3 Å². The molecule has 8 heteroatoms. The molecule has 0 bridgehead atoms. The second-order valence-electron chi connectivity index (χ2n) is 6.60. The Labute approximate surface area is 172 Å². The van der Waals surface area contributed by atoms with Crippen LogP contribution in [0.25, 0.3) is 22.2 Å². The molecule has 154 valence electrons. The summed E-state index contributed by atoms with van der Waals surface area (Å²) in [6, 6.07) is 14.5. The monoisotopic (exact) mass is 408 g/mol. The Morgan fingerprint density at radius 2 is 1.77 bits per heavy atom. The van der Waals surface area contributed by atoms with Gasteiger partial charge in [-0.1, -0.05) is 18.2 Å². The number of rotatable bonds is 8. The average molecular weight is 408 g/mol. The molecule has 1 unspecified atom stereocenters. The van der Waals surface area contributed by atoms with E-state index in [9.17, 15) is 19.5 Å². The normalized spacial score (nSPS) is 11.6. The van der Waals surface area contributed by atoms with Gasteiger partial charge in [0.05, 0.1) is 23.9 Å². The van der Waals surface area contributed by atoms with Crippen LogP contribution in [0.4, 0.5) is 0 Å². The van der Waals surface area contributed by atoms with Crippen LogP contribution in [0.2, 0.25) is 0 Å². The first-order valence-corrected chi connectivity index (χ1v) is 9.18. The van der Waals surface area contributed by atoms with E-state index in [1.807, 2.05) is 12.1 Å². The van der Waals surface area contributed by atoms with E-state index < -0.39 is 23.9 Å². The Kier molecular flexibility index (Phi) is 6.26. The van der Waals surface area contributed by atoms with Crippen LogP contribution in [0.5, 0.6) is 5.75 Å². The van der Waals surface area contributed by atoms with Crippen molar-refractivity contribution in [3.05, 3.63) is 60.2 Å². The van der Waals surface area contributed by atoms with Crippen molar-refractivity contribution in [2.45, 2.75) is 18.9 Å². The Balaban J connectivity index is 1.99. The molecule has 0 radical (unpaired) electrons. The lowest BCUT2D eigenvalue weighted by atomic mass is 10.0. The second-order valence-corrected chi connectivity index (χ2v) is 6.60. The molecule has 3 rings (SSSR count). The summed E-state index contributed by atoms with van der Waals surface area (Å²) >= 11 is 0. The molecular weight excluding hydrogens is 388 g/mol. The maximum absolute atomic E-state index is 12.9. The van der Waals surface area contributed by atoms with Gasteiger partial charge in [-0.25, -0.2) is 9.78 Å². The molecule has 3 N–H and O–H groups in total. The number of methoxy groups -OCH3 is 1. The number of nitrogens with zero attached hydrogens (tertiary/aromatic N) is 1. The van der Waals surface area contributed by atoms with Crippen molar-refractivity contribution < 1.29 is 29.3 Å². The number of aromatic nitrogens is 1. The van der Waals surface area contributed by atoms with Crippen molar-refractivity contribution >= 4 is 28.7 Å². The molecule has 2 aromatic carbocycles. The number of fused-ring (bicyclic) bond motifs is 1. The van der Waals surface area contributed by atoms with Crippen LogP contribution in [0.15, 0.2) is 54.6 Å². The minimum atomic E-state index is -1.31. The van der Waals surface area contributed by atoms with Crippen LogP contribution in [0.3, 0.4) is 0 Å². The zero-order valence-electron chi connectivity index (χ0n) is 16.2. The quantitative estimate of drug-likeness (QED) is 0.523. The molecule has 0 saturated carbocycles. The number of hydrogen-bond acceptors (Lipinski definition) is 5. The van der Waals surface area contributed by atoms with Gasteiger partial charge in [0.2, 0.25) is 0 Å². The van der Waals surface area contributed by atoms with Crippen molar-refractivity contribution in [1.29, 1.82) is 0 Å². The lowest BCUT2D eigenvalue weighted by Crippen LogP contribution is -2.41. The Hall–Kier alpha value is -3.94. The number of carbonyl (C=O) groups is 3. The molecule has 1 heterocycles. The molecule has 30 heavy (non-hydrogen) atoms. The Morgan fingerprint density at radius 1 is 1.07 bits per heavy atom. The molecule has 0 fully saturated rings. The predicted molar refractivity (Wildman–Crippen MR) is 109 cm³/mol. The summed E-state index contributed by atoms with van der Waals surface area (Å²) in [6.45, 7) is 0. The summed E-state index contributed by atoms with van der Waals surface area (Å²) < 4.78 is 5.16.